The summed E-state index contributed by atoms with van der Waals surface area (Å²) >= 11 is 3.36. The van der Waals surface area contributed by atoms with Gasteiger partial charge in [-0.1, -0.05) is 28.1 Å². The number of amides is 1. The smallest absolute Gasteiger partial charge is 0.234 e. The fourth-order valence-corrected chi connectivity index (χ4v) is 1.64. The van der Waals surface area contributed by atoms with Crippen LogP contribution in [0.3, 0.4) is 0 Å². The highest BCUT2D eigenvalue weighted by Crippen LogP contribution is 2.17. The Morgan fingerprint density at radius 2 is 2.40 bits per heavy atom. The average Bonchev–Trinajstić information content (AvgIpc) is 2.18. The summed E-state index contributed by atoms with van der Waals surface area (Å²) in [5, 5.41) is 11.1. The highest BCUT2D eigenvalue weighted by Gasteiger charge is 2.08. The average molecular weight is 267 g/mol. The van der Waals surface area contributed by atoms with Crippen LogP contribution in [0.1, 0.15) is 24.9 Å². The monoisotopic (exact) mass is 266 g/mol. The number of hydrogen-bond acceptors (Lipinski definition) is 2. The second-order valence-electron chi connectivity index (χ2n) is 3.18. The minimum atomic E-state index is -0.245. The molecule has 0 radical (unpaired) electrons. The van der Waals surface area contributed by atoms with Crippen LogP contribution in [0.5, 0.6) is 0 Å². The van der Waals surface area contributed by atoms with Crippen molar-refractivity contribution in [3.8, 4) is 6.07 Å². The Bertz CT molecular complexity index is 398. The summed E-state index contributed by atoms with van der Waals surface area (Å²) in [7, 11) is 0. The molecule has 1 N–H and O–H groups in total. The van der Waals surface area contributed by atoms with Gasteiger partial charge in [0.1, 0.15) is 6.42 Å². The molecular weight excluding hydrogens is 256 g/mol. The molecule has 15 heavy (non-hydrogen) atoms. The van der Waals surface area contributed by atoms with Crippen LogP contribution < -0.4 is 5.32 Å². The van der Waals surface area contributed by atoms with E-state index in [1.807, 2.05) is 37.3 Å². The van der Waals surface area contributed by atoms with E-state index in [0.29, 0.717) is 0 Å². The Balaban J connectivity index is 2.65. The minimum absolute atomic E-state index is 0.0802. The zero-order valence-corrected chi connectivity index (χ0v) is 9.91. The Hall–Kier alpha value is -1.34. The van der Waals surface area contributed by atoms with Crippen molar-refractivity contribution in [1.82, 2.24) is 5.32 Å². The summed E-state index contributed by atoms with van der Waals surface area (Å²) in [6.07, 6.45) is -0.0989. The maximum absolute atomic E-state index is 11.2. The van der Waals surface area contributed by atoms with Crippen LogP contribution in [-0.2, 0) is 4.79 Å². The van der Waals surface area contributed by atoms with Crippen molar-refractivity contribution in [1.29, 1.82) is 5.26 Å². The zero-order chi connectivity index (χ0) is 11.3. The molecule has 0 heterocycles. The molecule has 0 aliphatic carbocycles. The summed E-state index contributed by atoms with van der Waals surface area (Å²) in [4.78, 5) is 11.2. The largest absolute Gasteiger partial charge is 0.349 e. The van der Waals surface area contributed by atoms with Gasteiger partial charge in [0.2, 0.25) is 5.91 Å². The van der Waals surface area contributed by atoms with Gasteiger partial charge in [0.15, 0.2) is 0 Å². The van der Waals surface area contributed by atoms with E-state index in [0.717, 1.165) is 10.0 Å². The molecule has 1 amide bonds. The van der Waals surface area contributed by atoms with Gasteiger partial charge < -0.3 is 5.32 Å². The van der Waals surface area contributed by atoms with E-state index < -0.39 is 0 Å². The lowest BCUT2D eigenvalue weighted by Gasteiger charge is -2.13. The maximum Gasteiger partial charge on any atom is 0.234 e. The molecule has 4 heteroatoms. The van der Waals surface area contributed by atoms with Crippen molar-refractivity contribution >= 4 is 21.8 Å². The minimum Gasteiger partial charge on any atom is -0.349 e. The number of rotatable bonds is 3. The third-order valence-corrected chi connectivity index (χ3v) is 2.46. The first-order valence-corrected chi connectivity index (χ1v) is 5.34. The van der Waals surface area contributed by atoms with Crippen LogP contribution in [0.4, 0.5) is 0 Å². The van der Waals surface area contributed by atoms with Crippen molar-refractivity contribution in [2.24, 2.45) is 0 Å². The Labute approximate surface area is 97.2 Å². The number of halogens is 1. The predicted molar refractivity (Wildman–Crippen MR) is 60.9 cm³/mol. The van der Waals surface area contributed by atoms with Gasteiger partial charge in [-0.25, -0.2) is 0 Å². The van der Waals surface area contributed by atoms with E-state index in [1.54, 1.807) is 0 Å². The van der Waals surface area contributed by atoms with Gasteiger partial charge in [0.05, 0.1) is 12.1 Å². The maximum atomic E-state index is 11.2. The van der Waals surface area contributed by atoms with Crippen LogP contribution in [0.25, 0.3) is 0 Å². The molecule has 1 aromatic carbocycles. The van der Waals surface area contributed by atoms with Crippen molar-refractivity contribution in [2.75, 3.05) is 0 Å². The lowest BCUT2D eigenvalue weighted by atomic mass is 10.1. The molecule has 0 aliphatic heterocycles. The Morgan fingerprint density at radius 3 is 3.00 bits per heavy atom. The van der Waals surface area contributed by atoms with Crippen LogP contribution in [0, 0.1) is 11.3 Å². The van der Waals surface area contributed by atoms with Crippen LogP contribution in [0.2, 0.25) is 0 Å². The molecule has 0 aromatic heterocycles. The van der Waals surface area contributed by atoms with Gasteiger partial charge in [-0.2, -0.15) is 5.26 Å². The van der Waals surface area contributed by atoms with Crippen LogP contribution >= 0.6 is 15.9 Å². The first-order chi connectivity index (χ1) is 7.13. The molecule has 0 bridgehead atoms. The standard InChI is InChI=1S/C11H11BrN2O/c1-8(14-11(15)5-6-13)9-3-2-4-10(12)7-9/h2-4,7-8H,5H2,1H3,(H,14,15). The number of nitrogens with zero attached hydrogens (tertiary/aromatic N) is 1. The predicted octanol–water partition coefficient (Wildman–Crippen LogP) is 2.54. The molecule has 3 nitrogen and oxygen atoms in total. The van der Waals surface area contributed by atoms with Crippen LogP contribution in [0.15, 0.2) is 28.7 Å². The lowest BCUT2D eigenvalue weighted by Crippen LogP contribution is -2.25. The van der Waals surface area contributed by atoms with E-state index in [9.17, 15) is 4.79 Å². The number of nitrogens with one attached hydrogen (secondary N) is 1. The molecule has 0 saturated carbocycles. The zero-order valence-electron chi connectivity index (χ0n) is 8.33. The normalized spacial score (nSPS) is 11.5. The summed E-state index contributed by atoms with van der Waals surface area (Å²) in [6, 6.07) is 9.44. The number of carbonyl (C=O) groups is 1. The van der Waals surface area contributed by atoms with Crippen LogP contribution in [-0.4, -0.2) is 5.91 Å². The fourth-order valence-electron chi connectivity index (χ4n) is 1.22. The SMILES string of the molecule is CC(NC(=O)CC#N)c1cccc(Br)c1. The number of carbonyl (C=O) groups excluding carboxylic acids is 1. The quantitative estimate of drug-likeness (QED) is 0.914. The number of hydrogen-bond donors (Lipinski definition) is 1. The first kappa shape index (κ1) is 11.7. The van der Waals surface area contributed by atoms with Gasteiger partial charge >= 0.3 is 0 Å². The number of nitriles is 1. The molecule has 1 rings (SSSR count). The van der Waals surface area contributed by atoms with Gasteiger partial charge in [0.25, 0.3) is 0 Å². The van der Waals surface area contributed by atoms with Crippen molar-refractivity contribution in [3.05, 3.63) is 34.3 Å². The summed E-state index contributed by atoms with van der Waals surface area (Å²) in [5.74, 6) is -0.245. The molecule has 0 saturated heterocycles. The van der Waals surface area contributed by atoms with Crippen molar-refractivity contribution in [2.45, 2.75) is 19.4 Å². The van der Waals surface area contributed by atoms with E-state index in [2.05, 4.69) is 21.2 Å². The first-order valence-electron chi connectivity index (χ1n) is 4.55. The summed E-state index contributed by atoms with van der Waals surface area (Å²) in [5.41, 5.74) is 1.01. The number of benzene rings is 1. The summed E-state index contributed by atoms with van der Waals surface area (Å²) in [6.45, 7) is 1.89. The molecule has 0 fully saturated rings. The van der Waals surface area contributed by atoms with E-state index in [4.69, 9.17) is 5.26 Å². The third kappa shape index (κ3) is 3.72. The Kier molecular flexibility index (Phi) is 4.32. The summed E-state index contributed by atoms with van der Waals surface area (Å²) < 4.78 is 0.974. The van der Waals surface area contributed by atoms with Gasteiger partial charge in [-0.15, -0.1) is 0 Å². The van der Waals surface area contributed by atoms with E-state index in [-0.39, 0.29) is 18.4 Å². The molecule has 1 atom stereocenters. The molecule has 0 spiro atoms. The van der Waals surface area contributed by atoms with Gasteiger partial charge in [-0.05, 0) is 24.6 Å². The van der Waals surface area contributed by atoms with E-state index >= 15 is 0 Å². The second kappa shape index (κ2) is 5.52. The molecule has 1 aromatic rings. The van der Waals surface area contributed by atoms with Gasteiger partial charge in [-0.3, -0.25) is 4.79 Å². The molecule has 78 valence electrons. The van der Waals surface area contributed by atoms with Gasteiger partial charge in [0, 0.05) is 4.47 Å². The van der Waals surface area contributed by atoms with Crippen molar-refractivity contribution < 1.29 is 4.79 Å². The van der Waals surface area contributed by atoms with E-state index in [1.165, 1.54) is 0 Å². The highest BCUT2D eigenvalue weighted by molar-refractivity contribution is 9.10. The second-order valence-corrected chi connectivity index (χ2v) is 4.09. The topological polar surface area (TPSA) is 52.9 Å². The third-order valence-electron chi connectivity index (χ3n) is 1.97. The molecular formula is C11H11BrN2O. The van der Waals surface area contributed by atoms with Crippen molar-refractivity contribution in [3.63, 3.8) is 0 Å². The molecule has 0 aliphatic rings. The fraction of sp³-hybridized carbons (Fsp3) is 0.273. The Morgan fingerprint density at radius 1 is 1.67 bits per heavy atom. The highest BCUT2D eigenvalue weighted by atomic mass is 79.9. The molecule has 1 unspecified atom stereocenters. The lowest BCUT2D eigenvalue weighted by molar-refractivity contribution is -0.120.